The molecule has 0 aliphatic heterocycles. The van der Waals surface area contributed by atoms with Crippen molar-refractivity contribution in [1.29, 1.82) is 0 Å². The zero-order valence-electron chi connectivity index (χ0n) is 8.99. The summed E-state index contributed by atoms with van der Waals surface area (Å²) in [5.74, 6) is -1.78. The Bertz CT molecular complexity index is 456. The maximum atomic E-state index is 12.8. The highest BCUT2D eigenvalue weighted by molar-refractivity contribution is 7.89. The first-order chi connectivity index (χ1) is 7.93. The minimum Gasteiger partial charge on any atom is -0.395 e. The van der Waals surface area contributed by atoms with Gasteiger partial charge in [-0.3, -0.25) is 0 Å². The molecule has 0 aromatic heterocycles. The first-order valence-corrected chi connectivity index (χ1v) is 6.61. The predicted octanol–water partition coefficient (Wildman–Crippen LogP) is 0.419. The van der Waals surface area contributed by atoms with Crippen molar-refractivity contribution in [2.24, 2.45) is 0 Å². The Hall–Kier alpha value is -1.05. The van der Waals surface area contributed by atoms with Crippen LogP contribution in [0.3, 0.4) is 0 Å². The molecular weight excluding hydrogens is 252 g/mol. The van der Waals surface area contributed by atoms with Crippen LogP contribution >= 0.6 is 0 Å². The summed E-state index contributed by atoms with van der Waals surface area (Å²) in [6.07, 6.45) is 0.180. The van der Waals surface area contributed by atoms with Crippen LogP contribution in [0.25, 0.3) is 0 Å². The summed E-state index contributed by atoms with van der Waals surface area (Å²) in [5.41, 5.74) is 0.370. The molecule has 1 rings (SSSR count). The highest BCUT2D eigenvalue weighted by atomic mass is 32.2. The number of nitrogens with one attached hydrogen (secondary N) is 1. The van der Waals surface area contributed by atoms with E-state index >= 15 is 0 Å². The van der Waals surface area contributed by atoms with Crippen LogP contribution in [-0.4, -0.2) is 32.4 Å². The fourth-order valence-electron chi connectivity index (χ4n) is 1.30. The number of benzene rings is 1. The maximum absolute atomic E-state index is 12.8. The lowest BCUT2D eigenvalue weighted by molar-refractivity contribution is 0.319. The molecule has 0 fully saturated rings. The number of rotatable bonds is 6. The average Bonchev–Trinajstić information content (AvgIpc) is 2.15. The molecule has 1 aromatic carbocycles. The van der Waals surface area contributed by atoms with E-state index in [-0.39, 0.29) is 18.7 Å². The molecule has 0 saturated heterocycles. The molecule has 0 bridgehead atoms. The minimum absolute atomic E-state index is 0.0330. The standard InChI is InChI=1S/C10H13F2NO3S/c11-9-5-8(6-10(12)7-9)1-2-13-17(15,16)4-3-14/h5-7,13-14H,1-4H2. The Balaban J connectivity index is 2.51. The van der Waals surface area contributed by atoms with Crippen molar-refractivity contribution in [3.05, 3.63) is 35.4 Å². The molecule has 0 atom stereocenters. The average molecular weight is 265 g/mol. The van der Waals surface area contributed by atoms with Crippen LogP contribution in [0.1, 0.15) is 5.56 Å². The molecule has 0 amide bonds. The summed E-state index contributed by atoms with van der Waals surface area (Å²) in [5, 5.41) is 8.47. The lowest BCUT2D eigenvalue weighted by Crippen LogP contribution is -2.29. The van der Waals surface area contributed by atoms with Gasteiger partial charge in [-0.05, 0) is 24.1 Å². The van der Waals surface area contributed by atoms with Gasteiger partial charge in [0.2, 0.25) is 10.0 Å². The molecular formula is C10H13F2NO3S. The summed E-state index contributed by atoms with van der Waals surface area (Å²) in [7, 11) is -3.51. The number of aliphatic hydroxyl groups is 1. The van der Waals surface area contributed by atoms with E-state index in [4.69, 9.17) is 5.11 Å². The van der Waals surface area contributed by atoms with Gasteiger partial charge in [-0.25, -0.2) is 21.9 Å². The van der Waals surface area contributed by atoms with Gasteiger partial charge in [0.25, 0.3) is 0 Å². The largest absolute Gasteiger partial charge is 0.395 e. The first kappa shape index (κ1) is 14.0. The molecule has 0 saturated carbocycles. The zero-order valence-corrected chi connectivity index (χ0v) is 9.80. The van der Waals surface area contributed by atoms with Crippen LogP contribution < -0.4 is 4.72 Å². The molecule has 0 unspecified atom stereocenters. The second-order valence-electron chi connectivity index (χ2n) is 3.46. The molecule has 4 nitrogen and oxygen atoms in total. The summed E-state index contributed by atoms with van der Waals surface area (Å²) < 4.78 is 50.1. The summed E-state index contributed by atoms with van der Waals surface area (Å²) in [6, 6.07) is 3.03. The second-order valence-corrected chi connectivity index (χ2v) is 5.39. The lowest BCUT2D eigenvalue weighted by atomic mass is 10.1. The molecule has 17 heavy (non-hydrogen) atoms. The predicted molar refractivity (Wildman–Crippen MR) is 58.9 cm³/mol. The summed E-state index contributed by atoms with van der Waals surface area (Å²) >= 11 is 0. The SMILES string of the molecule is O=S(=O)(CCO)NCCc1cc(F)cc(F)c1. The highest BCUT2D eigenvalue weighted by Gasteiger charge is 2.08. The van der Waals surface area contributed by atoms with E-state index in [2.05, 4.69) is 4.72 Å². The third-order valence-corrected chi connectivity index (χ3v) is 3.38. The Morgan fingerprint density at radius 1 is 1.18 bits per heavy atom. The number of halogens is 2. The fourth-order valence-corrected chi connectivity index (χ4v) is 2.10. The molecule has 0 aliphatic rings. The van der Waals surface area contributed by atoms with E-state index in [1.54, 1.807) is 0 Å². The smallest absolute Gasteiger partial charge is 0.213 e. The zero-order chi connectivity index (χ0) is 12.9. The molecule has 96 valence electrons. The van der Waals surface area contributed by atoms with Gasteiger partial charge >= 0.3 is 0 Å². The third-order valence-electron chi connectivity index (χ3n) is 2.02. The third kappa shape index (κ3) is 5.20. The summed E-state index contributed by atoms with van der Waals surface area (Å²) in [4.78, 5) is 0. The van der Waals surface area contributed by atoms with Crippen LogP contribution in [-0.2, 0) is 16.4 Å². The monoisotopic (exact) mass is 265 g/mol. The van der Waals surface area contributed by atoms with E-state index in [9.17, 15) is 17.2 Å². The molecule has 0 spiro atoms. The van der Waals surface area contributed by atoms with Crippen LogP contribution in [0.15, 0.2) is 18.2 Å². The van der Waals surface area contributed by atoms with Gasteiger partial charge in [0, 0.05) is 12.6 Å². The number of sulfonamides is 1. The van der Waals surface area contributed by atoms with Crippen molar-refractivity contribution in [3.63, 3.8) is 0 Å². The Morgan fingerprint density at radius 2 is 1.76 bits per heavy atom. The van der Waals surface area contributed by atoms with Crippen molar-refractivity contribution < 1.29 is 22.3 Å². The Kier molecular flexibility index (Phi) is 4.98. The molecule has 0 aliphatic carbocycles. The molecule has 2 N–H and O–H groups in total. The van der Waals surface area contributed by atoms with E-state index in [0.29, 0.717) is 5.56 Å². The van der Waals surface area contributed by atoms with Crippen LogP contribution in [0.2, 0.25) is 0 Å². The molecule has 7 heteroatoms. The van der Waals surface area contributed by atoms with Gasteiger partial charge in [0.05, 0.1) is 12.4 Å². The van der Waals surface area contributed by atoms with Crippen LogP contribution in [0.4, 0.5) is 8.78 Å². The quantitative estimate of drug-likeness (QED) is 0.783. The van der Waals surface area contributed by atoms with Crippen molar-refractivity contribution in [2.45, 2.75) is 6.42 Å². The first-order valence-electron chi connectivity index (χ1n) is 4.96. The van der Waals surface area contributed by atoms with Crippen LogP contribution in [0, 0.1) is 11.6 Å². The molecule has 0 radical (unpaired) electrons. The van der Waals surface area contributed by atoms with E-state index in [1.165, 1.54) is 0 Å². The van der Waals surface area contributed by atoms with E-state index in [1.807, 2.05) is 0 Å². The van der Waals surface area contributed by atoms with Crippen LogP contribution in [0.5, 0.6) is 0 Å². The fraction of sp³-hybridized carbons (Fsp3) is 0.400. The molecule has 1 aromatic rings. The maximum Gasteiger partial charge on any atom is 0.213 e. The lowest BCUT2D eigenvalue weighted by Gasteiger charge is -2.05. The highest BCUT2D eigenvalue weighted by Crippen LogP contribution is 2.08. The van der Waals surface area contributed by atoms with Gasteiger partial charge in [-0.2, -0.15) is 0 Å². The van der Waals surface area contributed by atoms with Gasteiger partial charge in [0.1, 0.15) is 11.6 Å². The van der Waals surface area contributed by atoms with E-state index < -0.39 is 28.3 Å². The van der Waals surface area contributed by atoms with Crippen molar-refractivity contribution >= 4 is 10.0 Å². The van der Waals surface area contributed by atoms with Crippen molar-refractivity contribution in [2.75, 3.05) is 18.9 Å². The summed E-state index contributed by atoms with van der Waals surface area (Å²) in [6.45, 7) is -0.435. The van der Waals surface area contributed by atoms with E-state index in [0.717, 1.165) is 18.2 Å². The van der Waals surface area contributed by atoms with Crippen molar-refractivity contribution in [3.8, 4) is 0 Å². The topological polar surface area (TPSA) is 66.4 Å². The Labute approximate surface area is 98.3 Å². The number of hydrogen-bond acceptors (Lipinski definition) is 3. The number of hydrogen-bond donors (Lipinski definition) is 2. The number of aliphatic hydroxyl groups excluding tert-OH is 1. The van der Waals surface area contributed by atoms with Crippen molar-refractivity contribution in [1.82, 2.24) is 4.72 Å². The van der Waals surface area contributed by atoms with Gasteiger partial charge < -0.3 is 5.11 Å². The van der Waals surface area contributed by atoms with Gasteiger partial charge in [-0.15, -0.1) is 0 Å². The minimum atomic E-state index is -3.51. The molecule has 0 heterocycles. The van der Waals surface area contributed by atoms with Gasteiger partial charge in [0.15, 0.2) is 0 Å². The normalized spacial score (nSPS) is 11.7. The van der Waals surface area contributed by atoms with Gasteiger partial charge in [-0.1, -0.05) is 0 Å². The second kappa shape index (κ2) is 6.04. The Morgan fingerprint density at radius 3 is 2.29 bits per heavy atom.